The van der Waals surface area contributed by atoms with Crippen molar-refractivity contribution in [3.05, 3.63) is 71.6 Å². The lowest BCUT2D eigenvalue weighted by molar-refractivity contribution is -0.122. The van der Waals surface area contributed by atoms with Gasteiger partial charge in [-0.2, -0.15) is 0 Å². The molecular formula is C25H27N3O2S. The van der Waals surface area contributed by atoms with Gasteiger partial charge in [0.25, 0.3) is 5.91 Å². The molecule has 0 bridgehead atoms. The summed E-state index contributed by atoms with van der Waals surface area (Å²) in [4.78, 5) is 16.2. The molecule has 160 valence electrons. The number of benzene rings is 2. The molecule has 1 aromatic heterocycles. The highest BCUT2D eigenvalue weighted by Crippen LogP contribution is 2.27. The van der Waals surface area contributed by atoms with Crippen LogP contribution in [-0.2, 0) is 11.3 Å². The first-order valence-corrected chi connectivity index (χ1v) is 11.0. The molecule has 0 atom stereocenters. The van der Waals surface area contributed by atoms with E-state index in [0.717, 1.165) is 35.2 Å². The van der Waals surface area contributed by atoms with Gasteiger partial charge in [-0.3, -0.25) is 9.69 Å². The molecule has 1 fully saturated rings. The molecule has 6 heteroatoms. The Morgan fingerprint density at radius 3 is 2.55 bits per heavy atom. The molecule has 2 aromatic carbocycles. The van der Waals surface area contributed by atoms with Gasteiger partial charge in [0.05, 0.1) is 6.61 Å². The standard InChI is InChI=1S/C25H27N3O2S/c1-4-28-24(29)23(26(3)25(28)31)16-19-17-27(22-9-6-5-8-21(19)22)14-7-15-30-20-12-10-18(2)11-13-20/h5-6,8-13,16-17H,4,7,14-15H2,1-3H3/b23-16-. The highest BCUT2D eigenvalue weighted by atomic mass is 32.1. The van der Waals surface area contributed by atoms with Gasteiger partial charge in [0.1, 0.15) is 11.4 Å². The van der Waals surface area contributed by atoms with E-state index in [1.54, 1.807) is 9.80 Å². The monoisotopic (exact) mass is 433 g/mol. The van der Waals surface area contributed by atoms with E-state index in [1.807, 2.05) is 44.3 Å². The number of thiocarbonyl (C=S) groups is 1. The molecule has 0 N–H and O–H groups in total. The smallest absolute Gasteiger partial charge is 0.276 e. The number of nitrogens with zero attached hydrogens (tertiary/aromatic N) is 3. The fourth-order valence-corrected chi connectivity index (χ4v) is 4.18. The van der Waals surface area contributed by atoms with Crippen LogP contribution in [0.5, 0.6) is 5.75 Å². The quantitative estimate of drug-likeness (QED) is 0.304. The summed E-state index contributed by atoms with van der Waals surface area (Å²) in [5.41, 5.74) is 4.00. The van der Waals surface area contributed by atoms with Gasteiger partial charge in [-0.1, -0.05) is 35.9 Å². The van der Waals surface area contributed by atoms with Crippen LogP contribution < -0.4 is 4.74 Å². The minimum Gasteiger partial charge on any atom is -0.494 e. The van der Waals surface area contributed by atoms with Crippen molar-refractivity contribution in [2.75, 3.05) is 20.2 Å². The fraction of sp³-hybridized carbons (Fsp3) is 0.280. The number of fused-ring (bicyclic) bond motifs is 1. The molecule has 5 nitrogen and oxygen atoms in total. The summed E-state index contributed by atoms with van der Waals surface area (Å²) < 4.78 is 8.11. The first-order chi connectivity index (χ1) is 15.0. The van der Waals surface area contributed by atoms with E-state index in [4.69, 9.17) is 17.0 Å². The van der Waals surface area contributed by atoms with Crippen molar-refractivity contribution in [1.82, 2.24) is 14.4 Å². The highest BCUT2D eigenvalue weighted by Gasteiger charge is 2.34. The Morgan fingerprint density at radius 1 is 1.10 bits per heavy atom. The van der Waals surface area contributed by atoms with Gasteiger partial charge in [-0.15, -0.1) is 0 Å². The highest BCUT2D eigenvalue weighted by molar-refractivity contribution is 7.80. The summed E-state index contributed by atoms with van der Waals surface area (Å²) >= 11 is 5.42. The van der Waals surface area contributed by atoms with Gasteiger partial charge < -0.3 is 14.2 Å². The zero-order valence-electron chi connectivity index (χ0n) is 18.2. The van der Waals surface area contributed by atoms with Crippen molar-refractivity contribution in [2.24, 2.45) is 0 Å². The molecule has 0 saturated carbocycles. The third-order valence-corrected chi connectivity index (χ3v) is 6.10. The Morgan fingerprint density at radius 2 is 1.84 bits per heavy atom. The number of carbonyl (C=O) groups excluding carboxylic acids is 1. The van der Waals surface area contributed by atoms with Crippen LogP contribution in [0.25, 0.3) is 17.0 Å². The summed E-state index contributed by atoms with van der Waals surface area (Å²) in [7, 11) is 1.85. The second-order valence-electron chi connectivity index (χ2n) is 7.73. The van der Waals surface area contributed by atoms with Crippen LogP contribution in [0, 0.1) is 6.92 Å². The average molecular weight is 434 g/mol. The molecule has 0 unspecified atom stereocenters. The Balaban J connectivity index is 1.53. The van der Waals surface area contributed by atoms with Gasteiger partial charge in [-0.05, 0) is 56.8 Å². The average Bonchev–Trinajstić information content (AvgIpc) is 3.22. The number of likely N-dealkylation sites (N-methyl/N-ethyl adjacent to an activating group) is 2. The van der Waals surface area contributed by atoms with Gasteiger partial charge >= 0.3 is 0 Å². The maximum absolute atomic E-state index is 12.8. The third-order valence-electron chi connectivity index (χ3n) is 5.60. The molecule has 0 aliphatic carbocycles. The fourth-order valence-electron chi connectivity index (χ4n) is 3.87. The zero-order valence-corrected chi connectivity index (χ0v) is 19.0. The van der Waals surface area contributed by atoms with E-state index in [-0.39, 0.29) is 5.91 Å². The first kappa shape index (κ1) is 21.1. The maximum Gasteiger partial charge on any atom is 0.276 e. The van der Waals surface area contributed by atoms with Crippen molar-refractivity contribution < 1.29 is 9.53 Å². The molecule has 3 aromatic rings. The van der Waals surface area contributed by atoms with Gasteiger partial charge in [-0.25, -0.2) is 0 Å². The number of para-hydroxylation sites is 1. The molecule has 2 heterocycles. The Kier molecular flexibility index (Phi) is 6.09. The Labute approximate surface area is 188 Å². The van der Waals surface area contributed by atoms with E-state index in [1.165, 1.54) is 5.56 Å². The number of aromatic nitrogens is 1. The first-order valence-electron chi connectivity index (χ1n) is 10.6. The van der Waals surface area contributed by atoms with Crippen LogP contribution in [0.3, 0.4) is 0 Å². The van der Waals surface area contributed by atoms with Crippen molar-refractivity contribution in [3.8, 4) is 5.75 Å². The van der Waals surface area contributed by atoms with Crippen LogP contribution in [0.2, 0.25) is 0 Å². The summed E-state index contributed by atoms with van der Waals surface area (Å²) in [5.74, 6) is 0.853. The molecule has 0 radical (unpaired) electrons. The lowest BCUT2D eigenvalue weighted by atomic mass is 10.1. The van der Waals surface area contributed by atoms with Crippen LogP contribution in [0.4, 0.5) is 0 Å². The number of amides is 1. The van der Waals surface area contributed by atoms with Crippen molar-refractivity contribution in [3.63, 3.8) is 0 Å². The summed E-state index contributed by atoms with van der Waals surface area (Å²) in [6.45, 7) is 6.05. The Hall–Kier alpha value is -3.12. The summed E-state index contributed by atoms with van der Waals surface area (Å²) in [6.07, 6.45) is 4.95. The molecule has 31 heavy (non-hydrogen) atoms. The predicted molar refractivity (Wildman–Crippen MR) is 129 cm³/mol. The molecule has 0 spiro atoms. The minimum absolute atomic E-state index is 0.0432. The molecular weight excluding hydrogens is 406 g/mol. The minimum atomic E-state index is -0.0432. The molecule has 1 aliphatic rings. The topological polar surface area (TPSA) is 37.7 Å². The van der Waals surface area contributed by atoms with E-state index in [9.17, 15) is 4.79 Å². The van der Waals surface area contributed by atoms with Gasteiger partial charge in [0, 0.05) is 42.8 Å². The lowest BCUT2D eigenvalue weighted by Gasteiger charge is -2.13. The van der Waals surface area contributed by atoms with Crippen LogP contribution in [0.1, 0.15) is 24.5 Å². The number of aryl methyl sites for hydroxylation is 2. The molecule has 1 saturated heterocycles. The van der Waals surface area contributed by atoms with Crippen molar-refractivity contribution in [2.45, 2.75) is 26.8 Å². The number of hydrogen-bond acceptors (Lipinski definition) is 3. The van der Waals surface area contributed by atoms with E-state index in [2.05, 4.69) is 42.0 Å². The molecule has 1 aliphatic heterocycles. The summed E-state index contributed by atoms with van der Waals surface area (Å²) in [5, 5.41) is 1.67. The Bertz CT molecular complexity index is 1150. The van der Waals surface area contributed by atoms with Crippen LogP contribution in [-0.4, -0.2) is 45.6 Å². The van der Waals surface area contributed by atoms with E-state index < -0.39 is 0 Å². The van der Waals surface area contributed by atoms with Gasteiger partial charge in [0.2, 0.25) is 0 Å². The number of carbonyl (C=O) groups is 1. The normalized spacial score (nSPS) is 15.5. The second-order valence-corrected chi connectivity index (χ2v) is 8.10. The van der Waals surface area contributed by atoms with Crippen LogP contribution >= 0.6 is 12.2 Å². The number of rotatable bonds is 7. The van der Waals surface area contributed by atoms with E-state index in [0.29, 0.717) is 24.0 Å². The van der Waals surface area contributed by atoms with Crippen LogP contribution in [0.15, 0.2) is 60.4 Å². The largest absolute Gasteiger partial charge is 0.494 e. The number of hydrogen-bond donors (Lipinski definition) is 0. The zero-order chi connectivity index (χ0) is 22.0. The molecule has 4 rings (SSSR count). The third kappa shape index (κ3) is 4.21. The van der Waals surface area contributed by atoms with Crippen molar-refractivity contribution >= 4 is 40.2 Å². The molecule has 1 amide bonds. The van der Waals surface area contributed by atoms with Gasteiger partial charge in [0.15, 0.2) is 5.11 Å². The maximum atomic E-state index is 12.8. The van der Waals surface area contributed by atoms with Crippen molar-refractivity contribution in [1.29, 1.82) is 0 Å². The SMILES string of the molecule is CCN1C(=O)/C(=C/c2cn(CCCOc3ccc(C)cc3)c3ccccc23)N(C)C1=S. The second kappa shape index (κ2) is 8.94. The number of ether oxygens (including phenoxy) is 1. The lowest BCUT2D eigenvalue weighted by Crippen LogP contribution is -2.30. The predicted octanol–water partition coefficient (Wildman–Crippen LogP) is 4.84. The van der Waals surface area contributed by atoms with E-state index >= 15 is 0 Å². The summed E-state index contributed by atoms with van der Waals surface area (Å²) in [6, 6.07) is 16.4.